The first-order valence-electron chi connectivity index (χ1n) is 7.52. The molecule has 1 aromatic carbocycles. The van der Waals surface area contributed by atoms with Gasteiger partial charge in [-0.2, -0.15) is 0 Å². The van der Waals surface area contributed by atoms with Crippen LogP contribution in [0.2, 0.25) is 0 Å². The fourth-order valence-electron chi connectivity index (χ4n) is 2.34. The maximum absolute atomic E-state index is 5.74. The highest BCUT2D eigenvalue weighted by molar-refractivity contribution is 5.43. The van der Waals surface area contributed by atoms with E-state index in [1.165, 1.54) is 32.2 Å². The molecule has 2 rings (SSSR count). The van der Waals surface area contributed by atoms with E-state index in [1.54, 1.807) is 0 Å². The van der Waals surface area contributed by atoms with Crippen LogP contribution in [0.1, 0.15) is 39.0 Å². The molecule has 0 unspecified atom stereocenters. The third-order valence-corrected chi connectivity index (χ3v) is 3.58. The number of anilines is 1. The minimum Gasteiger partial charge on any atom is -0.493 e. The van der Waals surface area contributed by atoms with Crippen molar-refractivity contribution in [1.82, 2.24) is 4.90 Å². The molecular weight excluding hydrogens is 236 g/mol. The standard InChI is InChI=1S/C16H26N2O/c1-2-3-10-18(15-8-9-15)11-5-12-19-16-7-4-6-14(17)13-16/h4,6-7,13,15H,2-3,5,8-12,17H2,1H3. The van der Waals surface area contributed by atoms with E-state index >= 15 is 0 Å². The van der Waals surface area contributed by atoms with Crippen LogP contribution in [0.4, 0.5) is 5.69 Å². The Morgan fingerprint density at radius 3 is 2.74 bits per heavy atom. The van der Waals surface area contributed by atoms with Crippen molar-refractivity contribution >= 4 is 5.69 Å². The Morgan fingerprint density at radius 2 is 2.05 bits per heavy atom. The van der Waals surface area contributed by atoms with Gasteiger partial charge >= 0.3 is 0 Å². The van der Waals surface area contributed by atoms with Crippen molar-refractivity contribution in [1.29, 1.82) is 0 Å². The Balaban J connectivity index is 1.64. The summed E-state index contributed by atoms with van der Waals surface area (Å²) < 4.78 is 5.74. The molecule has 3 heteroatoms. The van der Waals surface area contributed by atoms with E-state index in [4.69, 9.17) is 10.5 Å². The first-order valence-corrected chi connectivity index (χ1v) is 7.52. The maximum Gasteiger partial charge on any atom is 0.121 e. The van der Waals surface area contributed by atoms with Crippen molar-refractivity contribution in [2.75, 3.05) is 25.4 Å². The van der Waals surface area contributed by atoms with E-state index in [-0.39, 0.29) is 0 Å². The molecule has 0 aromatic heterocycles. The van der Waals surface area contributed by atoms with E-state index in [0.717, 1.165) is 37.1 Å². The van der Waals surface area contributed by atoms with Crippen molar-refractivity contribution in [2.24, 2.45) is 0 Å². The molecule has 0 radical (unpaired) electrons. The Kier molecular flexibility index (Phi) is 5.52. The number of nitrogens with two attached hydrogens (primary N) is 1. The Labute approximate surface area is 116 Å². The molecule has 0 saturated heterocycles. The van der Waals surface area contributed by atoms with Gasteiger partial charge in [0.15, 0.2) is 0 Å². The summed E-state index contributed by atoms with van der Waals surface area (Å²) in [5.74, 6) is 0.881. The predicted octanol–water partition coefficient (Wildman–Crippen LogP) is 3.30. The molecule has 3 nitrogen and oxygen atoms in total. The third-order valence-electron chi connectivity index (χ3n) is 3.58. The number of nitrogens with zero attached hydrogens (tertiary/aromatic N) is 1. The summed E-state index contributed by atoms with van der Waals surface area (Å²) in [5, 5.41) is 0. The number of rotatable bonds is 9. The van der Waals surface area contributed by atoms with Gasteiger partial charge in [0.2, 0.25) is 0 Å². The summed E-state index contributed by atoms with van der Waals surface area (Å²) >= 11 is 0. The third kappa shape index (κ3) is 5.11. The second-order valence-electron chi connectivity index (χ2n) is 5.40. The zero-order valence-corrected chi connectivity index (χ0v) is 12.0. The smallest absolute Gasteiger partial charge is 0.121 e. The van der Waals surface area contributed by atoms with Crippen LogP contribution in [0.3, 0.4) is 0 Å². The van der Waals surface area contributed by atoms with Crippen LogP contribution < -0.4 is 10.5 Å². The van der Waals surface area contributed by atoms with Gasteiger partial charge in [-0.15, -0.1) is 0 Å². The minimum absolute atomic E-state index is 0.764. The second-order valence-corrected chi connectivity index (χ2v) is 5.40. The molecule has 0 bridgehead atoms. The van der Waals surface area contributed by atoms with Gasteiger partial charge in [0.1, 0.15) is 5.75 Å². The predicted molar refractivity (Wildman–Crippen MR) is 80.5 cm³/mol. The fraction of sp³-hybridized carbons (Fsp3) is 0.625. The molecule has 1 fully saturated rings. The number of benzene rings is 1. The number of nitrogen functional groups attached to an aromatic ring is 1. The van der Waals surface area contributed by atoms with Crippen LogP contribution >= 0.6 is 0 Å². The molecule has 0 heterocycles. The lowest BCUT2D eigenvalue weighted by Crippen LogP contribution is -2.29. The van der Waals surface area contributed by atoms with E-state index in [9.17, 15) is 0 Å². The van der Waals surface area contributed by atoms with Gasteiger partial charge in [0.05, 0.1) is 6.61 Å². The van der Waals surface area contributed by atoms with Crippen LogP contribution in [0, 0.1) is 0 Å². The fourth-order valence-corrected chi connectivity index (χ4v) is 2.34. The second kappa shape index (κ2) is 7.39. The quantitative estimate of drug-likeness (QED) is 0.548. The van der Waals surface area contributed by atoms with E-state index in [0.29, 0.717) is 0 Å². The van der Waals surface area contributed by atoms with Crippen LogP contribution in [-0.4, -0.2) is 30.6 Å². The molecular formula is C16H26N2O. The minimum atomic E-state index is 0.764. The zero-order valence-electron chi connectivity index (χ0n) is 12.0. The number of hydrogen-bond donors (Lipinski definition) is 1. The van der Waals surface area contributed by atoms with Crippen LogP contribution in [0.5, 0.6) is 5.75 Å². The molecule has 1 aromatic rings. The SMILES string of the molecule is CCCCN(CCCOc1cccc(N)c1)C1CC1. The summed E-state index contributed by atoms with van der Waals surface area (Å²) in [6.07, 6.45) is 6.46. The largest absolute Gasteiger partial charge is 0.493 e. The first-order chi connectivity index (χ1) is 9.29. The Bertz CT molecular complexity index is 377. The van der Waals surface area contributed by atoms with E-state index < -0.39 is 0 Å². The highest BCUT2D eigenvalue weighted by Crippen LogP contribution is 2.27. The Morgan fingerprint density at radius 1 is 1.26 bits per heavy atom. The van der Waals surface area contributed by atoms with Gasteiger partial charge < -0.3 is 15.4 Å². The van der Waals surface area contributed by atoms with Gasteiger partial charge in [-0.05, 0) is 44.4 Å². The van der Waals surface area contributed by atoms with Gasteiger partial charge in [-0.3, -0.25) is 0 Å². The summed E-state index contributed by atoms with van der Waals surface area (Å²) in [4.78, 5) is 2.63. The Hall–Kier alpha value is -1.22. The van der Waals surface area contributed by atoms with Crippen molar-refractivity contribution in [3.63, 3.8) is 0 Å². The van der Waals surface area contributed by atoms with Crippen LogP contribution in [0.15, 0.2) is 24.3 Å². The number of unbranched alkanes of at least 4 members (excludes halogenated alkanes) is 1. The van der Waals surface area contributed by atoms with Crippen LogP contribution in [0.25, 0.3) is 0 Å². The molecule has 1 saturated carbocycles. The van der Waals surface area contributed by atoms with Crippen LogP contribution in [-0.2, 0) is 0 Å². The summed E-state index contributed by atoms with van der Waals surface area (Å²) in [6, 6.07) is 8.52. The first kappa shape index (κ1) is 14.2. The topological polar surface area (TPSA) is 38.5 Å². The monoisotopic (exact) mass is 262 g/mol. The molecule has 0 aliphatic heterocycles. The molecule has 1 aliphatic carbocycles. The molecule has 0 spiro atoms. The lowest BCUT2D eigenvalue weighted by Gasteiger charge is -2.21. The van der Waals surface area contributed by atoms with Gasteiger partial charge in [-0.1, -0.05) is 19.4 Å². The number of ether oxygens (including phenoxy) is 1. The summed E-state index contributed by atoms with van der Waals surface area (Å²) in [6.45, 7) is 5.44. The van der Waals surface area contributed by atoms with Gasteiger partial charge in [0, 0.05) is 24.3 Å². The van der Waals surface area contributed by atoms with Crippen molar-refractivity contribution in [2.45, 2.75) is 45.1 Å². The molecule has 106 valence electrons. The van der Waals surface area contributed by atoms with Gasteiger partial charge in [-0.25, -0.2) is 0 Å². The molecule has 0 amide bonds. The summed E-state index contributed by atoms with van der Waals surface area (Å²) in [5.41, 5.74) is 6.49. The average Bonchev–Trinajstić information content (AvgIpc) is 3.22. The maximum atomic E-state index is 5.74. The van der Waals surface area contributed by atoms with Gasteiger partial charge in [0.25, 0.3) is 0 Å². The molecule has 19 heavy (non-hydrogen) atoms. The summed E-state index contributed by atoms with van der Waals surface area (Å²) in [7, 11) is 0. The highest BCUT2D eigenvalue weighted by atomic mass is 16.5. The zero-order chi connectivity index (χ0) is 13.5. The molecule has 2 N–H and O–H groups in total. The van der Waals surface area contributed by atoms with Crippen molar-refractivity contribution < 1.29 is 4.74 Å². The lowest BCUT2D eigenvalue weighted by molar-refractivity contribution is 0.224. The molecule has 0 atom stereocenters. The molecule has 1 aliphatic rings. The van der Waals surface area contributed by atoms with E-state index in [2.05, 4.69) is 11.8 Å². The lowest BCUT2D eigenvalue weighted by atomic mass is 10.3. The average molecular weight is 262 g/mol. The van der Waals surface area contributed by atoms with Crippen molar-refractivity contribution in [3.05, 3.63) is 24.3 Å². The highest BCUT2D eigenvalue weighted by Gasteiger charge is 2.27. The normalized spacial score (nSPS) is 14.8. The number of hydrogen-bond acceptors (Lipinski definition) is 3. The van der Waals surface area contributed by atoms with E-state index in [1.807, 2.05) is 24.3 Å². The van der Waals surface area contributed by atoms with Crippen molar-refractivity contribution in [3.8, 4) is 5.75 Å².